The van der Waals surface area contributed by atoms with E-state index in [1.165, 1.54) is 47.6 Å². The van der Waals surface area contributed by atoms with Gasteiger partial charge in [0.05, 0.1) is 0 Å². The van der Waals surface area contributed by atoms with Crippen LogP contribution in [-0.4, -0.2) is 15.0 Å². The van der Waals surface area contributed by atoms with Gasteiger partial charge in [0.25, 0.3) is 0 Å². The minimum absolute atomic E-state index is 0.648. The average molecular weight is 668 g/mol. The fourth-order valence-electron chi connectivity index (χ4n) is 7.21. The Morgan fingerprint density at radius 1 is 0.314 bits per heavy atom. The number of nitrogens with zero attached hydrogens (tertiary/aromatic N) is 3. The summed E-state index contributed by atoms with van der Waals surface area (Å²) in [7, 11) is 0. The number of thiophene rings is 1. The summed E-state index contributed by atoms with van der Waals surface area (Å²) in [5.41, 5.74) is 7.63. The number of aromatic nitrogens is 3. The van der Waals surface area contributed by atoms with Gasteiger partial charge in [0, 0.05) is 36.9 Å². The van der Waals surface area contributed by atoms with Crippen LogP contribution in [0.4, 0.5) is 0 Å². The Bertz CT molecular complexity index is 2910. The molecular formula is C47H29N3S. The van der Waals surface area contributed by atoms with E-state index in [1.54, 1.807) is 11.3 Å². The zero-order valence-corrected chi connectivity index (χ0v) is 28.3. The molecule has 2 heterocycles. The van der Waals surface area contributed by atoms with Crippen molar-refractivity contribution < 1.29 is 0 Å². The molecule has 0 saturated carbocycles. The van der Waals surface area contributed by atoms with Gasteiger partial charge in [0.2, 0.25) is 0 Å². The Morgan fingerprint density at radius 2 is 0.902 bits per heavy atom. The highest BCUT2D eigenvalue weighted by Gasteiger charge is 2.18. The molecule has 0 aliphatic carbocycles. The highest BCUT2D eigenvalue weighted by molar-refractivity contribution is 7.26. The maximum Gasteiger partial charge on any atom is 0.165 e. The van der Waals surface area contributed by atoms with Gasteiger partial charge in [-0.1, -0.05) is 152 Å². The number of fused-ring (bicyclic) bond motifs is 5. The fraction of sp³-hybridized carbons (Fsp3) is 0. The third-order valence-corrected chi connectivity index (χ3v) is 11.0. The largest absolute Gasteiger partial charge is 0.208 e. The molecule has 0 amide bonds. The smallest absolute Gasteiger partial charge is 0.165 e. The van der Waals surface area contributed by atoms with E-state index in [4.69, 9.17) is 15.0 Å². The minimum Gasteiger partial charge on any atom is -0.208 e. The molecule has 2 aromatic heterocycles. The summed E-state index contributed by atoms with van der Waals surface area (Å²) in [5, 5.41) is 7.20. The summed E-state index contributed by atoms with van der Waals surface area (Å²) >= 11 is 1.79. The van der Waals surface area contributed by atoms with E-state index in [1.807, 2.05) is 0 Å². The number of hydrogen-bond donors (Lipinski definition) is 0. The lowest BCUT2D eigenvalue weighted by Crippen LogP contribution is -2.01. The molecule has 10 rings (SSSR count). The molecule has 0 atom stereocenters. The molecule has 10 aromatic rings. The van der Waals surface area contributed by atoms with Crippen molar-refractivity contribution in [1.29, 1.82) is 0 Å². The first-order valence-electron chi connectivity index (χ1n) is 17.1. The number of benzene rings is 8. The standard InChI is InChI=1S/C47H29N3S/c1-2-12-32(13-3-1)36-27-28-41(38-16-7-6-15-37(36)38)46-48-45(33-24-21-31(22-25-33)35-26-23-30-11-4-5-14-34(30)29-35)49-47(50-46)42-19-10-18-40-39-17-8-9-20-43(39)51-44(40)42/h1-29H. The van der Waals surface area contributed by atoms with Gasteiger partial charge in [-0.05, 0) is 68.1 Å². The first-order chi connectivity index (χ1) is 25.3. The average Bonchev–Trinajstić information content (AvgIpc) is 3.59. The van der Waals surface area contributed by atoms with Crippen molar-refractivity contribution in [3.8, 4) is 56.4 Å². The van der Waals surface area contributed by atoms with Gasteiger partial charge in [-0.2, -0.15) is 0 Å². The van der Waals surface area contributed by atoms with Crippen LogP contribution in [0, 0.1) is 0 Å². The van der Waals surface area contributed by atoms with Crippen molar-refractivity contribution in [2.45, 2.75) is 0 Å². The molecule has 0 N–H and O–H groups in total. The molecule has 238 valence electrons. The predicted molar refractivity (Wildman–Crippen MR) is 215 cm³/mol. The molecule has 0 saturated heterocycles. The summed E-state index contributed by atoms with van der Waals surface area (Å²) in [6.07, 6.45) is 0. The molecule has 8 aromatic carbocycles. The van der Waals surface area contributed by atoms with E-state index in [9.17, 15) is 0 Å². The fourth-order valence-corrected chi connectivity index (χ4v) is 8.43. The molecule has 51 heavy (non-hydrogen) atoms. The van der Waals surface area contributed by atoms with E-state index >= 15 is 0 Å². The lowest BCUT2D eigenvalue weighted by Gasteiger charge is -2.13. The summed E-state index contributed by atoms with van der Waals surface area (Å²) in [4.78, 5) is 15.6. The van der Waals surface area contributed by atoms with Gasteiger partial charge < -0.3 is 0 Å². The number of hydrogen-bond acceptors (Lipinski definition) is 4. The molecule has 0 radical (unpaired) electrons. The van der Waals surface area contributed by atoms with Crippen LogP contribution < -0.4 is 0 Å². The van der Waals surface area contributed by atoms with Gasteiger partial charge >= 0.3 is 0 Å². The van der Waals surface area contributed by atoms with Crippen molar-refractivity contribution in [2.75, 3.05) is 0 Å². The molecule has 0 spiro atoms. The molecule has 4 heteroatoms. The molecule has 3 nitrogen and oxygen atoms in total. The van der Waals surface area contributed by atoms with Crippen LogP contribution in [0.15, 0.2) is 176 Å². The maximum absolute atomic E-state index is 5.25. The Kier molecular flexibility index (Phi) is 7.00. The SMILES string of the molecule is c1ccc(-c2ccc(-c3nc(-c4ccc(-c5ccc6ccccc6c5)cc4)nc(-c4cccc5c4sc4ccccc45)n3)c3ccccc23)cc1. The van der Waals surface area contributed by atoms with E-state index in [0.717, 1.165) is 33.0 Å². The molecule has 0 aliphatic heterocycles. The maximum atomic E-state index is 5.25. The molecule has 0 bridgehead atoms. The molecular weight excluding hydrogens is 639 g/mol. The summed E-state index contributed by atoms with van der Waals surface area (Å²) in [6.45, 7) is 0. The van der Waals surface area contributed by atoms with Crippen molar-refractivity contribution in [2.24, 2.45) is 0 Å². The Morgan fingerprint density at radius 3 is 1.73 bits per heavy atom. The van der Waals surface area contributed by atoms with Crippen LogP contribution in [0.2, 0.25) is 0 Å². The topological polar surface area (TPSA) is 38.7 Å². The minimum atomic E-state index is 0.648. The van der Waals surface area contributed by atoms with Gasteiger partial charge in [-0.3, -0.25) is 0 Å². The Labute approximate surface area is 299 Å². The monoisotopic (exact) mass is 667 g/mol. The van der Waals surface area contributed by atoms with Gasteiger partial charge in [0.15, 0.2) is 17.5 Å². The van der Waals surface area contributed by atoms with Crippen molar-refractivity contribution in [1.82, 2.24) is 15.0 Å². The first kappa shape index (κ1) is 29.4. The van der Waals surface area contributed by atoms with Crippen LogP contribution in [0.3, 0.4) is 0 Å². The second-order valence-electron chi connectivity index (χ2n) is 12.8. The van der Waals surface area contributed by atoms with E-state index in [-0.39, 0.29) is 0 Å². The van der Waals surface area contributed by atoms with Gasteiger partial charge in [0.1, 0.15) is 0 Å². The Hall–Kier alpha value is -6.49. The summed E-state index contributed by atoms with van der Waals surface area (Å²) < 4.78 is 2.43. The highest BCUT2D eigenvalue weighted by atomic mass is 32.1. The van der Waals surface area contributed by atoms with E-state index < -0.39 is 0 Å². The molecule has 0 fully saturated rings. The lowest BCUT2D eigenvalue weighted by atomic mass is 9.94. The molecule has 0 aliphatic rings. The summed E-state index contributed by atoms with van der Waals surface area (Å²) in [6, 6.07) is 62.2. The first-order valence-corrected chi connectivity index (χ1v) is 17.9. The predicted octanol–water partition coefficient (Wildman–Crippen LogP) is 12.9. The molecule has 0 unspecified atom stereocenters. The van der Waals surface area contributed by atoms with Gasteiger partial charge in [-0.15, -0.1) is 11.3 Å². The zero-order valence-electron chi connectivity index (χ0n) is 27.5. The van der Waals surface area contributed by atoms with Crippen molar-refractivity contribution in [3.05, 3.63) is 176 Å². The third-order valence-electron chi connectivity index (χ3n) is 9.76. The number of rotatable bonds is 5. The van der Waals surface area contributed by atoms with Crippen molar-refractivity contribution >= 4 is 53.1 Å². The Balaban J connectivity index is 1.16. The lowest BCUT2D eigenvalue weighted by molar-refractivity contribution is 1.08. The second kappa shape index (κ2) is 12.1. The van der Waals surface area contributed by atoms with E-state index in [2.05, 4.69) is 176 Å². The van der Waals surface area contributed by atoms with Crippen LogP contribution >= 0.6 is 11.3 Å². The van der Waals surface area contributed by atoms with Crippen LogP contribution in [0.25, 0.3) is 98.1 Å². The van der Waals surface area contributed by atoms with Crippen LogP contribution in [0.5, 0.6) is 0 Å². The second-order valence-corrected chi connectivity index (χ2v) is 13.9. The quantitative estimate of drug-likeness (QED) is 0.183. The van der Waals surface area contributed by atoms with Gasteiger partial charge in [-0.25, -0.2) is 15.0 Å². The van der Waals surface area contributed by atoms with Crippen molar-refractivity contribution in [3.63, 3.8) is 0 Å². The van der Waals surface area contributed by atoms with Crippen LogP contribution in [-0.2, 0) is 0 Å². The third kappa shape index (κ3) is 5.16. The van der Waals surface area contributed by atoms with Crippen LogP contribution in [0.1, 0.15) is 0 Å². The van der Waals surface area contributed by atoms with E-state index in [0.29, 0.717) is 17.5 Å². The zero-order chi connectivity index (χ0) is 33.7. The summed E-state index contributed by atoms with van der Waals surface area (Å²) in [5.74, 6) is 1.97. The highest BCUT2D eigenvalue weighted by Crippen LogP contribution is 2.41. The normalized spacial score (nSPS) is 11.5.